The molecule has 0 aliphatic carbocycles. The van der Waals surface area contributed by atoms with Crippen molar-refractivity contribution >= 4 is 48.3 Å². The highest BCUT2D eigenvalue weighted by atomic mass is 32.2. The van der Waals surface area contributed by atoms with Crippen molar-refractivity contribution in [1.82, 2.24) is 25.1 Å². The van der Waals surface area contributed by atoms with E-state index < -0.39 is 15.7 Å². The molecule has 0 saturated heterocycles. The summed E-state index contributed by atoms with van der Waals surface area (Å²) in [4.78, 5) is 28.4. The number of carbonyl (C=O) groups is 1. The lowest BCUT2D eigenvalue weighted by atomic mass is 10.1. The van der Waals surface area contributed by atoms with Gasteiger partial charge in [0.05, 0.1) is 10.6 Å². The number of ether oxygens (including phenoxy) is 2. The standard InChI is InChI=1S/C26H31N7O6S2/c1-27-12-15-38-22-10-9-21-25(29-22)40-26(28-21)30-24(34)23(32-39-17-19-11-13-33(2)31-19)18-5-7-20(8-6-18)41(35,36)16-4-14-37-3/h5-11,13,27H,4,12,14-17H2,1-3H3,(H,28,30,34). The Labute approximate surface area is 241 Å². The number of likely N-dealkylation sites (N-methyl/N-ethyl adjacent to an activating group) is 1. The van der Waals surface area contributed by atoms with Gasteiger partial charge in [-0.05, 0) is 37.7 Å². The summed E-state index contributed by atoms with van der Waals surface area (Å²) < 4.78 is 37.5. The van der Waals surface area contributed by atoms with Crippen LogP contribution in [-0.2, 0) is 37.9 Å². The molecule has 1 amide bonds. The fourth-order valence-electron chi connectivity index (χ4n) is 3.61. The molecule has 0 spiro atoms. The third-order valence-corrected chi connectivity index (χ3v) is 8.35. The third kappa shape index (κ3) is 8.29. The van der Waals surface area contributed by atoms with Gasteiger partial charge in [0.15, 0.2) is 27.3 Å². The molecular weight excluding hydrogens is 570 g/mol. The molecule has 0 atom stereocenters. The van der Waals surface area contributed by atoms with Gasteiger partial charge in [-0.25, -0.2) is 18.4 Å². The Morgan fingerprint density at radius 3 is 2.61 bits per heavy atom. The average molecular weight is 602 g/mol. The molecule has 3 heterocycles. The number of nitrogens with zero attached hydrogens (tertiary/aromatic N) is 5. The van der Waals surface area contributed by atoms with Gasteiger partial charge in [-0.2, -0.15) is 5.10 Å². The number of methoxy groups -OCH3 is 1. The van der Waals surface area contributed by atoms with Crippen molar-refractivity contribution < 1.29 is 27.5 Å². The van der Waals surface area contributed by atoms with Gasteiger partial charge in [0, 0.05) is 45.1 Å². The van der Waals surface area contributed by atoms with E-state index in [1.165, 1.54) is 42.7 Å². The van der Waals surface area contributed by atoms with Crippen molar-refractivity contribution in [3.63, 3.8) is 0 Å². The zero-order chi connectivity index (χ0) is 29.2. The third-order valence-electron chi connectivity index (χ3n) is 5.65. The van der Waals surface area contributed by atoms with Gasteiger partial charge in [-0.3, -0.25) is 14.8 Å². The molecule has 15 heteroatoms. The first-order chi connectivity index (χ1) is 19.8. The van der Waals surface area contributed by atoms with Crippen molar-refractivity contribution in [2.45, 2.75) is 17.9 Å². The number of rotatable bonds is 15. The molecule has 218 valence electrons. The monoisotopic (exact) mass is 601 g/mol. The maximum atomic E-state index is 13.4. The topological polar surface area (TPSA) is 159 Å². The number of nitrogens with one attached hydrogen (secondary N) is 2. The van der Waals surface area contributed by atoms with Gasteiger partial charge < -0.3 is 19.6 Å². The number of amides is 1. The smallest absolute Gasteiger partial charge is 0.280 e. The molecule has 0 fully saturated rings. The van der Waals surface area contributed by atoms with Gasteiger partial charge in [-0.15, -0.1) is 0 Å². The van der Waals surface area contributed by atoms with Crippen LogP contribution in [0.2, 0.25) is 0 Å². The zero-order valence-corrected chi connectivity index (χ0v) is 24.5. The average Bonchev–Trinajstić information content (AvgIpc) is 3.56. The van der Waals surface area contributed by atoms with Crippen molar-refractivity contribution in [3.05, 3.63) is 59.9 Å². The van der Waals surface area contributed by atoms with Crippen LogP contribution >= 0.6 is 11.3 Å². The fraction of sp³-hybridized carbons (Fsp3) is 0.346. The molecule has 2 N–H and O–H groups in total. The second-order valence-electron chi connectivity index (χ2n) is 8.78. The van der Waals surface area contributed by atoms with Gasteiger partial charge in [-0.1, -0.05) is 28.6 Å². The van der Waals surface area contributed by atoms with Crippen LogP contribution in [0.25, 0.3) is 10.3 Å². The molecule has 0 aliphatic heterocycles. The molecule has 0 radical (unpaired) electrons. The van der Waals surface area contributed by atoms with Crippen LogP contribution in [0.5, 0.6) is 5.88 Å². The van der Waals surface area contributed by atoms with E-state index in [0.29, 0.717) is 58.8 Å². The number of thiazole rings is 1. The number of aromatic nitrogens is 4. The molecule has 3 aromatic heterocycles. The van der Waals surface area contributed by atoms with E-state index in [0.717, 1.165) is 0 Å². The van der Waals surface area contributed by atoms with Gasteiger partial charge >= 0.3 is 0 Å². The predicted octanol–water partition coefficient (Wildman–Crippen LogP) is 2.39. The van der Waals surface area contributed by atoms with E-state index >= 15 is 0 Å². The molecule has 0 aliphatic rings. The van der Waals surface area contributed by atoms with Crippen LogP contribution in [0.3, 0.4) is 0 Å². The molecule has 4 aromatic rings. The quantitative estimate of drug-likeness (QED) is 0.118. The first-order valence-corrected chi connectivity index (χ1v) is 15.1. The molecule has 41 heavy (non-hydrogen) atoms. The molecule has 0 saturated carbocycles. The number of pyridine rings is 1. The first-order valence-electron chi connectivity index (χ1n) is 12.7. The SMILES string of the molecule is CNCCOc1ccc2nc(NC(=O)C(=NOCc3ccn(C)n3)c3ccc(S(=O)(=O)CCCOC)cc3)sc2n1. The van der Waals surface area contributed by atoms with Crippen LogP contribution in [0, 0.1) is 0 Å². The second-order valence-corrected chi connectivity index (χ2v) is 11.9. The summed E-state index contributed by atoms with van der Waals surface area (Å²) in [5.41, 5.74) is 1.52. The van der Waals surface area contributed by atoms with Crippen molar-refractivity contribution in [3.8, 4) is 5.88 Å². The summed E-state index contributed by atoms with van der Waals surface area (Å²) in [5.74, 6) is -0.189. The molecule has 4 rings (SSSR count). The molecule has 0 unspecified atom stereocenters. The van der Waals surface area contributed by atoms with Crippen LogP contribution in [-0.4, -0.2) is 79.5 Å². The minimum absolute atomic E-state index is 0.0327. The number of fused-ring (bicyclic) bond motifs is 1. The van der Waals surface area contributed by atoms with E-state index in [1.807, 2.05) is 7.05 Å². The zero-order valence-electron chi connectivity index (χ0n) is 22.9. The Morgan fingerprint density at radius 2 is 1.90 bits per heavy atom. The molecule has 0 bridgehead atoms. The highest BCUT2D eigenvalue weighted by molar-refractivity contribution is 7.91. The van der Waals surface area contributed by atoms with E-state index in [9.17, 15) is 13.2 Å². The van der Waals surface area contributed by atoms with E-state index in [-0.39, 0.29) is 23.0 Å². The number of oxime groups is 1. The van der Waals surface area contributed by atoms with E-state index in [1.54, 1.807) is 36.1 Å². The van der Waals surface area contributed by atoms with Crippen molar-refractivity contribution in [2.75, 3.05) is 45.0 Å². The highest BCUT2D eigenvalue weighted by Gasteiger charge is 2.20. The summed E-state index contributed by atoms with van der Waals surface area (Å²) in [6, 6.07) is 11.2. The maximum Gasteiger partial charge on any atom is 0.280 e. The first kappa shape index (κ1) is 30.0. The lowest BCUT2D eigenvalue weighted by Gasteiger charge is -2.08. The van der Waals surface area contributed by atoms with Crippen molar-refractivity contribution in [1.29, 1.82) is 0 Å². The normalized spacial score (nSPS) is 12.0. The van der Waals surface area contributed by atoms with Crippen molar-refractivity contribution in [2.24, 2.45) is 12.2 Å². The number of hydrogen-bond acceptors (Lipinski definition) is 12. The van der Waals surface area contributed by atoms with Gasteiger partial charge in [0.1, 0.15) is 22.6 Å². The summed E-state index contributed by atoms with van der Waals surface area (Å²) in [7, 11) is 1.62. The summed E-state index contributed by atoms with van der Waals surface area (Å²) in [6.45, 7) is 1.51. The lowest BCUT2D eigenvalue weighted by molar-refractivity contribution is -0.110. The summed E-state index contributed by atoms with van der Waals surface area (Å²) in [6.07, 6.45) is 2.14. The minimum Gasteiger partial charge on any atom is -0.476 e. The summed E-state index contributed by atoms with van der Waals surface area (Å²) in [5, 5.41) is 14.4. The number of benzene rings is 1. The van der Waals surface area contributed by atoms with Gasteiger partial charge in [0.25, 0.3) is 5.91 Å². The Bertz CT molecular complexity index is 1600. The van der Waals surface area contributed by atoms with E-state index in [4.69, 9.17) is 14.3 Å². The van der Waals surface area contributed by atoms with Crippen LogP contribution in [0.1, 0.15) is 17.7 Å². The Kier molecular flexibility index (Phi) is 10.3. The molecule has 1 aromatic carbocycles. The summed E-state index contributed by atoms with van der Waals surface area (Å²) >= 11 is 1.18. The Morgan fingerprint density at radius 1 is 1.10 bits per heavy atom. The Hall–Kier alpha value is -3.92. The Balaban J connectivity index is 1.54. The van der Waals surface area contributed by atoms with Crippen LogP contribution in [0.4, 0.5) is 5.13 Å². The number of carbonyl (C=O) groups excluding carboxylic acids is 1. The number of anilines is 1. The predicted molar refractivity (Wildman–Crippen MR) is 155 cm³/mol. The largest absolute Gasteiger partial charge is 0.476 e. The van der Waals surface area contributed by atoms with Crippen LogP contribution < -0.4 is 15.4 Å². The number of hydrogen-bond donors (Lipinski definition) is 2. The maximum absolute atomic E-state index is 13.4. The second kappa shape index (κ2) is 14.1. The lowest BCUT2D eigenvalue weighted by Crippen LogP contribution is -2.24. The van der Waals surface area contributed by atoms with Crippen LogP contribution in [0.15, 0.2) is 58.7 Å². The number of aryl methyl sites for hydroxylation is 1. The minimum atomic E-state index is -3.51. The highest BCUT2D eigenvalue weighted by Crippen LogP contribution is 2.26. The molecular formula is C26H31N7O6S2. The fourth-order valence-corrected chi connectivity index (χ4v) is 5.72. The number of sulfone groups is 1. The van der Waals surface area contributed by atoms with Gasteiger partial charge in [0.2, 0.25) is 5.88 Å². The molecule has 13 nitrogen and oxygen atoms in total. The van der Waals surface area contributed by atoms with E-state index in [2.05, 4.69) is 30.9 Å².